The topological polar surface area (TPSA) is 19.6 Å². The Hall–Kier alpha value is -8.40. The molecule has 1 aromatic heterocycles. The maximum Gasteiger partial charge on any atom is 0.135 e. The van der Waals surface area contributed by atoms with Gasteiger partial charge >= 0.3 is 0 Å². The first-order valence-electron chi connectivity index (χ1n) is 21.5. The highest BCUT2D eigenvalue weighted by molar-refractivity contribution is 6.14. The van der Waals surface area contributed by atoms with Crippen LogP contribution in [-0.2, 0) is 0 Å². The second-order valence-electron chi connectivity index (χ2n) is 16.1. The molecular formula is C60H40N2O. The third kappa shape index (κ3) is 6.46. The maximum absolute atomic E-state index is 6.33. The van der Waals surface area contributed by atoms with Crippen LogP contribution in [-0.4, -0.2) is 0 Å². The maximum atomic E-state index is 6.33. The number of hydrogen-bond acceptors (Lipinski definition) is 3. The molecule has 12 aromatic rings. The summed E-state index contributed by atoms with van der Waals surface area (Å²) in [6.45, 7) is 0. The molecule has 3 heteroatoms. The van der Waals surface area contributed by atoms with Crippen LogP contribution in [0.1, 0.15) is 0 Å². The fraction of sp³-hybridized carbons (Fsp3) is 0. The van der Waals surface area contributed by atoms with Crippen LogP contribution >= 0.6 is 0 Å². The van der Waals surface area contributed by atoms with Crippen molar-refractivity contribution in [2.45, 2.75) is 0 Å². The van der Waals surface area contributed by atoms with Gasteiger partial charge in [0.15, 0.2) is 0 Å². The minimum atomic E-state index is 0.868. The SMILES string of the molecule is c1ccc(N(c2ccc(-c3cccc4ccccc34)cc2)c2cc(-c3cc4ccccc4c4ccccc34)cc(N(c3ccccc3)c3ccc4oc5ccccc5c4c3)c2)cc1. The van der Waals surface area contributed by atoms with Crippen molar-refractivity contribution in [3.8, 4) is 22.3 Å². The van der Waals surface area contributed by atoms with E-state index in [0.717, 1.165) is 61.6 Å². The summed E-state index contributed by atoms with van der Waals surface area (Å²) in [6, 6.07) is 87.4. The first-order valence-corrected chi connectivity index (χ1v) is 21.5. The largest absolute Gasteiger partial charge is 0.456 e. The van der Waals surface area contributed by atoms with Crippen LogP contribution in [0.5, 0.6) is 0 Å². The van der Waals surface area contributed by atoms with Gasteiger partial charge < -0.3 is 14.2 Å². The first-order chi connectivity index (χ1) is 31.2. The third-order valence-electron chi connectivity index (χ3n) is 12.4. The van der Waals surface area contributed by atoms with Crippen molar-refractivity contribution >= 4 is 88.4 Å². The van der Waals surface area contributed by atoms with E-state index in [-0.39, 0.29) is 0 Å². The summed E-state index contributed by atoms with van der Waals surface area (Å²) in [6.07, 6.45) is 0. The molecule has 0 unspecified atom stereocenters. The summed E-state index contributed by atoms with van der Waals surface area (Å²) in [5.41, 5.74) is 12.8. The molecule has 0 radical (unpaired) electrons. The molecule has 0 fully saturated rings. The van der Waals surface area contributed by atoms with Crippen molar-refractivity contribution in [2.75, 3.05) is 9.80 Å². The average molecular weight is 805 g/mol. The normalized spacial score (nSPS) is 11.5. The predicted octanol–water partition coefficient (Wildman–Crippen LogP) is 17.3. The molecule has 0 N–H and O–H groups in total. The molecule has 0 aliphatic heterocycles. The van der Waals surface area contributed by atoms with Gasteiger partial charge in [-0.25, -0.2) is 0 Å². The number of nitrogens with zero attached hydrogens (tertiary/aromatic N) is 2. The fourth-order valence-electron chi connectivity index (χ4n) is 9.47. The fourth-order valence-corrected chi connectivity index (χ4v) is 9.47. The summed E-state index contributed by atoms with van der Waals surface area (Å²) in [7, 11) is 0. The van der Waals surface area contributed by atoms with Gasteiger partial charge in [-0.15, -0.1) is 0 Å². The summed E-state index contributed by atoms with van der Waals surface area (Å²) in [4.78, 5) is 4.77. The Bertz CT molecular complexity index is 3620. The van der Waals surface area contributed by atoms with Crippen molar-refractivity contribution in [3.05, 3.63) is 243 Å². The van der Waals surface area contributed by atoms with E-state index >= 15 is 0 Å². The van der Waals surface area contributed by atoms with Gasteiger partial charge in [0.05, 0.1) is 0 Å². The zero-order chi connectivity index (χ0) is 41.7. The van der Waals surface area contributed by atoms with Crippen molar-refractivity contribution in [1.29, 1.82) is 0 Å². The lowest BCUT2D eigenvalue weighted by Crippen LogP contribution is -2.13. The van der Waals surface area contributed by atoms with Crippen molar-refractivity contribution in [1.82, 2.24) is 0 Å². The predicted molar refractivity (Wildman–Crippen MR) is 266 cm³/mol. The monoisotopic (exact) mass is 804 g/mol. The van der Waals surface area contributed by atoms with E-state index in [9.17, 15) is 0 Å². The molecule has 1 heterocycles. The third-order valence-corrected chi connectivity index (χ3v) is 12.4. The van der Waals surface area contributed by atoms with E-state index in [1.54, 1.807) is 0 Å². The molecule has 0 aliphatic carbocycles. The van der Waals surface area contributed by atoms with Crippen LogP contribution in [0.15, 0.2) is 247 Å². The Morgan fingerprint density at radius 2 is 0.762 bits per heavy atom. The number of furan rings is 1. The lowest BCUT2D eigenvalue weighted by Gasteiger charge is -2.30. The van der Waals surface area contributed by atoms with Crippen LogP contribution < -0.4 is 9.80 Å². The van der Waals surface area contributed by atoms with Gasteiger partial charge in [0.1, 0.15) is 11.2 Å². The van der Waals surface area contributed by atoms with E-state index in [0.29, 0.717) is 0 Å². The van der Waals surface area contributed by atoms with Crippen molar-refractivity contribution in [3.63, 3.8) is 0 Å². The van der Waals surface area contributed by atoms with Gasteiger partial charge in [-0.05, 0) is 140 Å². The molecular weight excluding hydrogens is 765 g/mol. The van der Waals surface area contributed by atoms with Crippen molar-refractivity contribution < 1.29 is 4.42 Å². The van der Waals surface area contributed by atoms with Crippen LogP contribution in [0.3, 0.4) is 0 Å². The Kier molecular flexibility index (Phi) is 8.83. The summed E-state index contributed by atoms with van der Waals surface area (Å²) in [5.74, 6) is 0. The van der Waals surface area contributed by atoms with Gasteiger partial charge in [0.25, 0.3) is 0 Å². The van der Waals surface area contributed by atoms with Gasteiger partial charge in [0.2, 0.25) is 0 Å². The minimum absolute atomic E-state index is 0.868. The molecule has 0 spiro atoms. The summed E-state index contributed by atoms with van der Waals surface area (Å²) in [5, 5.41) is 9.56. The average Bonchev–Trinajstić information content (AvgIpc) is 3.73. The van der Waals surface area contributed by atoms with Gasteiger partial charge in [-0.1, -0.05) is 158 Å². The zero-order valence-electron chi connectivity index (χ0n) is 34.4. The molecule has 0 aliphatic rings. The molecule has 296 valence electrons. The molecule has 0 amide bonds. The number of rotatable bonds is 8. The summed E-state index contributed by atoms with van der Waals surface area (Å²) >= 11 is 0. The molecule has 11 aromatic carbocycles. The highest BCUT2D eigenvalue weighted by Gasteiger charge is 2.22. The van der Waals surface area contributed by atoms with E-state index in [1.165, 1.54) is 49.0 Å². The van der Waals surface area contributed by atoms with Gasteiger partial charge in [0, 0.05) is 44.9 Å². The second-order valence-corrected chi connectivity index (χ2v) is 16.1. The molecule has 12 rings (SSSR count). The lowest BCUT2D eigenvalue weighted by atomic mass is 9.92. The molecule has 0 bridgehead atoms. The number of anilines is 6. The molecule has 0 saturated carbocycles. The molecule has 3 nitrogen and oxygen atoms in total. The minimum Gasteiger partial charge on any atom is -0.456 e. The van der Waals surface area contributed by atoms with Gasteiger partial charge in [-0.3, -0.25) is 0 Å². The first kappa shape index (κ1) is 36.5. The highest BCUT2D eigenvalue weighted by atomic mass is 16.3. The Balaban J connectivity index is 1.11. The molecule has 63 heavy (non-hydrogen) atoms. The quantitative estimate of drug-likeness (QED) is 0.143. The van der Waals surface area contributed by atoms with E-state index in [4.69, 9.17) is 4.42 Å². The van der Waals surface area contributed by atoms with Crippen LogP contribution in [0, 0.1) is 0 Å². The zero-order valence-corrected chi connectivity index (χ0v) is 34.4. The Morgan fingerprint density at radius 1 is 0.238 bits per heavy atom. The van der Waals surface area contributed by atoms with E-state index < -0.39 is 0 Å². The lowest BCUT2D eigenvalue weighted by molar-refractivity contribution is 0.669. The van der Waals surface area contributed by atoms with Crippen molar-refractivity contribution in [2.24, 2.45) is 0 Å². The Morgan fingerprint density at radius 3 is 1.49 bits per heavy atom. The number of para-hydroxylation sites is 3. The number of benzene rings is 11. The van der Waals surface area contributed by atoms with Gasteiger partial charge in [-0.2, -0.15) is 0 Å². The van der Waals surface area contributed by atoms with E-state index in [1.807, 2.05) is 12.1 Å². The Labute approximate surface area is 365 Å². The standard InChI is InChI=1S/C60H40N2O/c1-3-19-45(20-4-1)61(47-32-30-42(31-33-47)52-28-15-18-41-16-7-9-23-51(41)52)49-36-44(57-38-43-17-8-10-24-53(43)54-25-11-12-26-55(54)57)37-50(39-49)62(46-21-5-2-6-22-46)48-34-35-60-58(40-48)56-27-13-14-29-59(56)63-60/h1-40H. The van der Waals surface area contributed by atoms with Crippen LogP contribution in [0.4, 0.5) is 34.1 Å². The molecule has 0 atom stereocenters. The smallest absolute Gasteiger partial charge is 0.135 e. The highest BCUT2D eigenvalue weighted by Crippen LogP contribution is 2.46. The summed E-state index contributed by atoms with van der Waals surface area (Å²) < 4.78 is 6.33. The number of hydrogen-bond donors (Lipinski definition) is 0. The van der Waals surface area contributed by atoms with Crippen LogP contribution in [0.2, 0.25) is 0 Å². The second kappa shape index (κ2) is 15.3. The van der Waals surface area contributed by atoms with Crippen LogP contribution in [0.25, 0.3) is 76.5 Å². The molecule has 0 saturated heterocycles. The van der Waals surface area contributed by atoms with E-state index in [2.05, 4.69) is 240 Å². The number of fused-ring (bicyclic) bond motifs is 7.